The predicted molar refractivity (Wildman–Crippen MR) is 120 cm³/mol. The lowest BCUT2D eigenvalue weighted by atomic mass is 10.2. The largest absolute Gasteiger partial charge is 0.338 e. The Morgan fingerprint density at radius 3 is 1.97 bits per heavy atom. The standard InChI is InChI=1S/C21H27N3O5S2/c1-17-9-11-20(12-10-17)31(28,29)23-15-13-22(14-16-23)21(25)18(2)24(30(3,26)27)19-7-5-4-6-8-19/h4-12,18H,13-16H2,1-3H3. The Morgan fingerprint density at radius 2 is 1.45 bits per heavy atom. The fourth-order valence-corrected chi connectivity index (χ4v) is 6.24. The normalized spacial score (nSPS) is 16.7. The van der Waals surface area contributed by atoms with E-state index >= 15 is 0 Å². The van der Waals surface area contributed by atoms with Crippen LogP contribution in [-0.2, 0) is 24.8 Å². The summed E-state index contributed by atoms with van der Waals surface area (Å²) in [5, 5.41) is 0. The van der Waals surface area contributed by atoms with Gasteiger partial charge in [0.2, 0.25) is 26.0 Å². The molecule has 0 bridgehead atoms. The third-order valence-corrected chi connectivity index (χ3v) is 8.44. The van der Waals surface area contributed by atoms with Crippen LogP contribution >= 0.6 is 0 Å². The molecule has 8 nitrogen and oxygen atoms in total. The second kappa shape index (κ2) is 8.97. The SMILES string of the molecule is Cc1ccc(S(=O)(=O)N2CCN(C(=O)C(C)N(c3ccccc3)S(C)(=O)=O)CC2)cc1. The van der Waals surface area contributed by atoms with Crippen molar-refractivity contribution in [3.63, 3.8) is 0 Å². The third-order valence-electron chi connectivity index (χ3n) is 5.29. The van der Waals surface area contributed by atoms with E-state index in [4.69, 9.17) is 0 Å². The summed E-state index contributed by atoms with van der Waals surface area (Å²) >= 11 is 0. The first-order valence-electron chi connectivity index (χ1n) is 9.92. The zero-order valence-electron chi connectivity index (χ0n) is 17.8. The van der Waals surface area contributed by atoms with Gasteiger partial charge in [0, 0.05) is 26.2 Å². The summed E-state index contributed by atoms with van der Waals surface area (Å²) in [4.78, 5) is 14.8. The van der Waals surface area contributed by atoms with E-state index in [2.05, 4.69) is 0 Å². The topological polar surface area (TPSA) is 95.1 Å². The number of amides is 1. The molecule has 1 atom stereocenters. The average molecular weight is 466 g/mol. The Kier molecular flexibility index (Phi) is 6.73. The van der Waals surface area contributed by atoms with Crippen molar-refractivity contribution >= 4 is 31.6 Å². The molecule has 2 aromatic rings. The quantitative estimate of drug-likeness (QED) is 0.647. The second-order valence-electron chi connectivity index (χ2n) is 7.61. The van der Waals surface area contributed by atoms with Gasteiger partial charge in [-0.1, -0.05) is 35.9 Å². The molecule has 2 aromatic carbocycles. The van der Waals surface area contributed by atoms with Crippen molar-refractivity contribution < 1.29 is 21.6 Å². The lowest BCUT2D eigenvalue weighted by molar-refractivity contribution is -0.133. The molecule has 1 heterocycles. The van der Waals surface area contributed by atoms with Crippen molar-refractivity contribution in [3.05, 3.63) is 60.2 Å². The fourth-order valence-electron chi connectivity index (χ4n) is 3.65. The van der Waals surface area contributed by atoms with Crippen LogP contribution < -0.4 is 4.31 Å². The van der Waals surface area contributed by atoms with Gasteiger partial charge in [0.1, 0.15) is 6.04 Å². The van der Waals surface area contributed by atoms with Crippen molar-refractivity contribution in [2.45, 2.75) is 24.8 Å². The number of rotatable bonds is 6. The maximum Gasteiger partial charge on any atom is 0.246 e. The van der Waals surface area contributed by atoms with Gasteiger partial charge in [0.25, 0.3) is 0 Å². The predicted octanol–water partition coefficient (Wildman–Crippen LogP) is 1.68. The number of sulfonamides is 2. The van der Waals surface area contributed by atoms with Crippen molar-refractivity contribution in [1.82, 2.24) is 9.21 Å². The van der Waals surface area contributed by atoms with E-state index in [9.17, 15) is 21.6 Å². The molecule has 0 spiro atoms. The number of carbonyl (C=O) groups is 1. The number of hydrogen-bond donors (Lipinski definition) is 0. The maximum atomic E-state index is 13.1. The molecular weight excluding hydrogens is 438 g/mol. The van der Waals surface area contributed by atoms with E-state index in [1.165, 1.54) is 9.21 Å². The molecule has 1 amide bonds. The molecule has 0 N–H and O–H groups in total. The van der Waals surface area contributed by atoms with Crippen molar-refractivity contribution in [2.75, 3.05) is 36.7 Å². The molecule has 0 aliphatic carbocycles. The minimum absolute atomic E-state index is 0.152. The highest BCUT2D eigenvalue weighted by Crippen LogP contribution is 2.23. The van der Waals surface area contributed by atoms with Gasteiger partial charge in [-0.25, -0.2) is 16.8 Å². The Bertz CT molecular complexity index is 1130. The first-order valence-corrected chi connectivity index (χ1v) is 13.2. The number of carbonyl (C=O) groups excluding carboxylic acids is 1. The van der Waals surface area contributed by atoms with E-state index in [-0.39, 0.29) is 37.0 Å². The first kappa shape index (κ1) is 23.2. The van der Waals surface area contributed by atoms with E-state index in [0.717, 1.165) is 16.1 Å². The molecule has 3 rings (SSSR count). The zero-order chi connectivity index (χ0) is 22.8. The molecule has 1 aliphatic rings. The van der Waals surface area contributed by atoms with Gasteiger partial charge < -0.3 is 4.90 Å². The molecular formula is C21H27N3O5S2. The fraction of sp³-hybridized carbons (Fsp3) is 0.381. The van der Waals surface area contributed by atoms with Crippen LogP contribution in [0, 0.1) is 6.92 Å². The number of para-hydroxylation sites is 1. The summed E-state index contributed by atoms with van der Waals surface area (Å²) in [7, 11) is -7.34. The Balaban J connectivity index is 1.72. The molecule has 1 fully saturated rings. The van der Waals surface area contributed by atoms with Crippen LogP contribution in [-0.4, -0.2) is 70.4 Å². The number of hydrogen-bond acceptors (Lipinski definition) is 5. The average Bonchev–Trinajstić information content (AvgIpc) is 2.73. The van der Waals surface area contributed by atoms with Gasteiger partial charge in [-0.05, 0) is 38.1 Å². The van der Waals surface area contributed by atoms with Gasteiger partial charge in [-0.2, -0.15) is 4.31 Å². The minimum Gasteiger partial charge on any atom is -0.338 e. The molecule has 0 aromatic heterocycles. The summed E-state index contributed by atoms with van der Waals surface area (Å²) in [6.07, 6.45) is 1.07. The van der Waals surface area contributed by atoms with E-state index in [0.29, 0.717) is 5.69 Å². The number of anilines is 1. The van der Waals surface area contributed by atoms with Gasteiger partial charge in [0.15, 0.2) is 0 Å². The minimum atomic E-state index is -3.69. The molecule has 1 unspecified atom stereocenters. The lowest BCUT2D eigenvalue weighted by Crippen LogP contribution is -2.56. The molecule has 1 saturated heterocycles. The highest BCUT2D eigenvalue weighted by molar-refractivity contribution is 7.92. The number of piperazine rings is 1. The second-order valence-corrected chi connectivity index (χ2v) is 11.4. The number of nitrogens with zero attached hydrogens (tertiary/aromatic N) is 3. The third kappa shape index (κ3) is 5.08. The monoisotopic (exact) mass is 465 g/mol. The van der Waals surface area contributed by atoms with Crippen LogP contribution in [0.5, 0.6) is 0 Å². The molecule has 10 heteroatoms. The summed E-state index contributed by atoms with van der Waals surface area (Å²) in [6.45, 7) is 4.13. The Morgan fingerprint density at radius 1 is 0.903 bits per heavy atom. The van der Waals surface area contributed by atoms with Crippen molar-refractivity contribution in [1.29, 1.82) is 0 Å². The number of benzene rings is 2. The van der Waals surface area contributed by atoms with Gasteiger partial charge in [-0.15, -0.1) is 0 Å². The lowest BCUT2D eigenvalue weighted by Gasteiger charge is -2.37. The Hall–Kier alpha value is -2.43. The molecule has 1 aliphatic heterocycles. The van der Waals surface area contributed by atoms with Crippen LogP contribution in [0.15, 0.2) is 59.5 Å². The van der Waals surface area contributed by atoms with E-state index in [1.807, 2.05) is 6.92 Å². The number of aryl methyl sites for hydroxylation is 1. The summed E-state index contributed by atoms with van der Waals surface area (Å²) in [5.74, 6) is -0.360. The highest BCUT2D eigenvalue weighted by atomic mass is 32.2. The molecule has 0 saturated carbocycles. The molecule has 31 heavy (non-hydrogen) atoms. The highest BCUT2D eigenvalue weighted by Gasteiger charge is 2.35. The van der Waals surface area contributed by atoms with Gasteiger partial charge in [0.05, 0.1) is 16.8 Å². The van der Waals surface area contributed by atoms with Crippen LogP contribution in [0.25, 0.3) is 0 Å². The zero-order valence-corrected chi connectivity index (χ0v) is 19.4. The summed E-state index contributed by atoms with van der Waals surface area (Å²) in [5.41, 5.74) is 1.38. The maximum absolute atomic E-state index is 13.1. The van der Waals surface area contributed by atoms with Crippen molar-refractivity contribution in [3.8, 4) is 0 Å². The molecule has 0 radical (unpaired) electrons. The van der Waals surface area contributed by atoms with Crippen LogP contribution in [0.2, 0.25) is 0 Å². The van der Waals surface area contributed by atoms with Crippen molar-refractivity contribution in [2.24, 2.45) is 0 Å². The van der Waals surface area contributed by atoms with Crippen LogP contribution in [0.1, 0.15) is 12.5 Å². The van der Waals surface area contributed by atoms with Crippen LogP contribution in [0.4, 0.5) is 5.69 Å². The van der Waals surface area contributed by atoms with E-state index < -0.39 is 26.1 Å². The Labute approximate surface area is 184 Å². The summed E-state index contributed by atoms with van der Waals surface area (Å²) < 4.78 is 53.0. The smallest absolute Gasteiger partial charge is 0.246 e. The van der Waals surface area contributed by atoms with Gasteiger partial charge in [-0.3, -0.25) is 9.10 Å². The molecule has 168 valence electrons. The first-order chi connectivity index (χ1) is 14.5. The van der Waals surface area contributed by atoms with Gasteiger partial charge >= 0.3 is 0 Å². The summed E-state index contributed by atoms with van der Waals surface area (Å²) in [6, 6.07) is 14.2. The van der Waals surface area contributed by atoms with Crippen LogP contribution in [0.3, 0.4) is 0 Å². The van der Waals surface area contributed by atoms with E-state index in [1.54, 1.807) is 61.5 Å².